The van der Waals surface area contributed by atoms with Gasteiger partial charge in [0.1, 0.15) is 0 Å². The lowest BCUT2D eigenvalue weighted by molar-refractivity contribution is 1.59. The van der Waals surface area contributed by atoms with E-state index in [-0.39, 0.29) is 0 Å². The number of rotatable bonds is 0. The van der Waals surface area contributed by atoms with Crippen LogP contribution in [0.4, 0.5) is 0 Å². The van der Waals surface area contributed by atoms with Gasteiger partial charge in [0, 0.05) is 0 Å². The van der Waals surface area contributed by atoms with E-state index in [0.29, 0.717) is 0 Å². The minimum absolute atomic E-state index is 1.10. The Labute approximate surface area is 141 Å². The summed E-state index contributed by atoms with van der Waals surface area (Å²) in [6.07, 6.45) is 0. The molecule has 1 aliphatic carbocycles. The first-order valence-electron chi connectivity index (χ1n) is 8.25. The molecule has 0 aromatic heterocycles. The van der Waals surface area contributed by atoms with Crippen molar-refractivity contribution in [1.82, 2.24) is 0 Å². The molecule has 112 valence electrons. The molecule has 0 spiro atoms. The molecule has 0 nitrogen and oxygen atoms in total. The SMILES string of the molecule is C=C1c2ccccc2-c2ccccc2-c2c1ccc1ccccc21. The highest BCUT2D eigenvalue weighted by atomic mass is 14.3. The van der Waals surface area contributed by atoms with E-state index in [1.54, 1.807) is 0 Å². The molecule has 4 aromatic carbocycles. The van der Waals surface area contributed by atoms with Crippen molar-refractivity contribution in [3.63, 3.8) is 0 Å². The van der Waals surface area contributed by atoms with Gasteiger partial charge < -0.3 is 0 Å². The quantitative estimate of drug-likeness (QED) is 0.304. The molecule has 0 atom stereocenters. The maximum absolute atomic E-state index is 4.45. The van der Waals surface area contributed by atoms with Gasteiger partial charge in [0.15, 0.2) is 0 Å². The number of benzene rings is 4. The maximum atomic E-state index is 4.45. The molecule has 0 heterocycles. The van der Waals surface area contributed by atoms with Gasteiger partial charge in [0.05, 0.1) is 0 Å². The van der Waals surface area contributed by atoms with Gasteiger partial charge in [-0.25, -0.2) is 0 Å². The zero-order chi connectivity index (χ0) is 16.1. The zero-order valence-electron chi connectivity index (χ0n) is 13.3. The second kappa shape index (κ2) is 4.94. The van der Waals surface area contributed by atoms with Crippen molar-refractivity contribution in [1.29, 1.82) is 0 Å². The first-order valence-corrected chi connectivity index (χ1v) is 8.25. The third-order valence-electron chi connectivity index (χ3n) is 4.99. The van der Waals surface area contributed by atoms with E-state index in [1.165, 1.54) is 44.2 Å². The van der Waals surface area contributed by atoms with Crippen LogP contribution in [0.2, 0.25) is 0 Å². The molecule has 0 aliphatic heterocycles. The van der Waals surface area contributed by atoms with Gasteiger partial charge in [-0.05, 0) is 49.7 Å². The van der Waals surface area contributed by atoms with Crippen molar-refractivity contribution in [3.8, 4) is 22.3 Å². The Balaban J connectivity index is 2.03. The molecule has 24 heavy (non-hydrogen) atoms. The second-order valence-corrected chi connectivity index (χ2v) is 6.28. The molecule has 0 saturated carbocycles. The van der Waals surface area contributed by atoms with E-state index in [0.717, 1.165) is 5.57 Å². The van der Waals surface area contributed by atoms with Gasteiger partial charge in [0.2, 0.25) is 0 Å². The largest absolute Gasteiger partial charge is 0.0905 e. The Morgan fingerprint density at radius 3 is 1.83 bits per heavy atom. The van der Waals surface area contributed by atoms with Crippen molar-refractivity contribution >= 4 is 16.3 Å². The third-order valence-corrected chi connectivity index (χ3v) is 4.99. The van der Waals surface area contributed by atoms with Crippen LogP contribution in [0.15, 0.2) is 91.5 Å². The van der Waals surface area contributed by atoms with Gasteiger partial charge >= 0.3 is 0 Å². The van der Waals surface area contributed by atoms with Crippen LogP contribution in [0.1, 0.15) is 11.1 Å². The normalized spacial score (nSPS) is 12.2. The van der Waals surface area contributed by atoms with Crippen molar-refractivity contribution < 1.29 is 0 Å². The molecule has 5 rings (SSSR count). The fourth-order valence-corrected chi connectivity index (χ4v) is 3.88. The lowest BCUT2D eigenvalue weighted by Gasteiger charge is -2.14. The average molecular weight is 304 g/mol. The average Bonchev–Trinajstić information content (AvgIpc) is 2.76. The Morgan fingerprint density at radius 2 is 1.04 bits per heavy atom. The summed E-state index contributed by atoms with van der Waals surface area (Å²) in [5.41, 5.74) is 8.68. The Morgan fingerprint density at radius 1 is 0.458 bits per heavy atom. The summed E-state index contributed by atoms with van der Waals surface area (Å²) in [4.78, 5) is 0. The minimum Gasteiger partial charge on any atom is -0.0905 e. The molecule has 0 saturated heterocycles. The molecule has 0 unspecified atom stereocenters. The monoisotopic (exact) mass is 304 g/mol. The van der Waals surface area contributed by atoms with Gasteiger partial charge in [-0.2, -0.15) is 0 Å². The lowest BCUT2D eigenvalue weighted by Crippen LogP contribution is -1.90. The van der Waals surface area contributed by atoms with E-state index >= 15 is 0 Å². The van der Waals surface area contributed by atoms with Gasteiger partial charge in [-0.15, -0.1) is 0 Å². The molecular formula is C24H16. The molecule has 0 radical (unpaired) electrons. The molecule has 1 aliphatic rings. The van der Waals surface area contributed by atoms with Gasteiger partial charge in [0.25, 0.3) is 0 Å². The first-order chi connectivity index (χ1) is 11.8. The lowest BCUT2D eigenvalue weighted by atomic mass is 9.90. The second-order valence-electron chi connectivity index (χ2n) is 6.28. The minimum atomic E-state index is 1.10. The number of hydrogen-bond donors (Lipinski definition) is 0. The van der Waals surface area contributed by atoms with Crippen LogP contribution in [-0.4, -0.2) is 0 Å². The first kappa shape index (κ1) is 13.3. The highest BCUT2D eigenvalue weighted by Gasteiger charge is 2.22. The molecule has 0 bridgehead atoms. The molecule has 0 heteroatoms. The van der Waals surface area contributed by atoms with Crippen LogP contribution in [0.5, 0.6) is 0 Å². The van der Waals surface area contributed by atoms with E-state index in [4.69, 9.17) is 0 Å². The predicted octanol–water partition coefficient (Wildman–Crippen LogP) is 6.55. The van der Waals surface area contributed by atoms with Crippen molar-refractivity contribution in [2.75, 3.05) is 0 Å². The fraction of sp³-hybridized carbons (Fsp3) is 0. The molecular weight excluding hydrogens is 288 g/mol. The molecule has 4 aromatic rings. The summed E-state index contributed by atoms with van der Waals surface area (Å²) in [7, 11) is 0. The Kier molecular flexibility index (Phi) is 2.74. The van der Waals surface area contributed by atoms with E-state index in [2.05, 4.69) is 91.5 Å². The Bertz CT molecular complexity index is 1120. The Hall–Kier alpha value is -3.12. The predicted molar refractivity (Wildman–Crippen MR) is 103 cm³/mol. The van der Waals surface area contributed by atoms with Crippen LogP contribution < -0.4 is 0 Å². The zero-order valence-corrected chi connectivity index (χ0v) is 13.3. The summed E-state index contributed by atoms with van der Waals surface area (Å²) in [5, 5.41) is 2.56. The fourth-order valence-electron chi connectivity index (χ4n) is 3.88. The highest BCUT2D eigenvalue weighted by Crippen LogP contribution is 2.46. The van der Waals surface area contributed by atoms with E-state index < -0.39 is 0 Å². The van der Waals surface area contributed by atoms with Crippen LogP contribution in [0.3, 0.4) is 0 Å². The van der Waals surface area contributed by atoms with Crippen molar-refractivity contribution in [2.24, 2.45) is 0 Å². The van der Waals surface area contributed by atoms with Gasteiger partial charge in [-0.1, -0.05) is 91.5 Å². The third kappa shape index (κ3) is 1.74. The maximum Gasteiger partial charge on any atom is -0.00206 e. The number of hydrogen-bond acceptors (Lipinski definition) is 0. The summed E-state index contributed by atoms with van der Waals surface area (Å²) < 4.78 is 0. The topological polar surface area (TPSA) is 0 Å². The van der Waals surface area contributed by atoms with Crippen LogP contribution in [-0.2, 0) is 0 Å². The summed E-state index contributed by atoms with van der Waals surface area (Å²) in [6.45, 7) is 4.45. The molecule has 0 N–H and O–H groups in total. The van der Waals surface area contributed by atoms with E-state index in [9.17, 15) is 0 Å². The standard InChI is InChI=1S/C24H16/c1-16-18-9-4-5-11-21(18)22-12-6-7-13-23(22)24-19(16)15-14-17-8-2-3-10-20(17)24/h2-15H,1H2. The molecule has 0 fully saturated rings. The molecule has 0 amide bonds. The van der Waals surface area contributed by atoms with Crippen LogP contribution in [0, 0.1) is 0 Å². The summed E-state index contributed by atoms with van der Waals surface area (Å²) in [5.74, 6) is 0. The summed E-state index contributed by atoms with van der Waals surface area (Å²) in [6, 6.07) is 30.3. The summed E-state index contributed by atoms with van der Waals surface area (Å²) >= 11 is 0. The highest BCUT2D eigenvalue weighted by molar-refractivity contribution is 6.10. The van der Waals surface area contributed by atoms with Gasteiger partial charge in [-0.3, -0.25) is 0 Å². The smallest absolute Gasteiger partial charge is 0.00206 e. The van der Waals surface area contributed by atoms with Crippen LogP contribution >= 0.6 is 0 Å². The van der Waals surface area contributed by atoms with Crippen molar-refractivity contribution in [2.45, 2.75) is 0 Å². The van der Waals surface area contributed by atoms with Crippen molar-refractivity contribution in [3.05, 3.63) is 103 Å². The number of fused-ring (bicyclic) bond motifs is 7. The van der Waals surface area contributed by atoms with Crippen LogP contribution in [0.25, 0.3) is 38.6 Å². The van der Waals surface area contributed by atoms with E-state index in [1.807, 2.05) is 0 Å².